The Labute approximate surface area is 229 Å². The van der Waals surface area contributed by atoms with Crippen LogP contribution in [0, 0.1) is 11.6 Å². The Morgan fingerprint density at radius 3 is 2.55 bits per heavy atom. The standard InChI is InChI=1S/C27H21ClF5N5O2/c1-37(2)11-20-22-19(36-38(20)3)10-17-21(23(34-26(17)40)16-9-14(28)4-5-18(16)30)24(22)35-25(39)12-6-13(27(31,32)33)8-15(29)7-12/h4-10,23H,11H2,1-3H3,(H,34,40)(H,35,39). The quantitative estimate of drug-likeness (QED) is 0.300. The molecule has 1 unspecified atom stereocenters. The highest BCUT2D eigenvalue weighted by molar-refractivity contribution is 6.30. The van der Waals surface area contributed by atoms with Gasteiger partial charge in [0.15, 0.2) is 0 Å². The van der Waals surface area contributed by atoms with Gasteiger partial charge in [-0.1, -0.05) is 11.6 Å². The Balaban J connectivity index is 1.76. The van der Waals surface area contributed by atoms with Crippen LogP contribution in [-0.2, 0) is 19.8 Å². The summed E-state index contributed by atoms with van der Waals surface area (Å²) in [5.41, 5.74) is -0.737. The highest BCUT2D eigenvalue weighted by Crippen LogP contribution is 2.43. The van der Waals surface area contributed by atoms with E-state index in [0.717, 1.165) is 6.07 Å². The zero-order chi connectivity index (χ0) is 29.1. The average molecular weight is 578 g/mol. The first-order chi connectivity index (χ1) is 18.7. The summed E-state index contributed by atoms with van der Waals surface area (Å²) >= 11 is 6.11. The van der Waals surface area contributed by atoms with Gasteiger partial charge >= 0.3 is 6.18 Å². The van der Waals surface area contributed by atoms with Gasteiger partial charge in [0.25, 0.3) is 11.8 Å². The molecule has 3 aromatic carbocycles. The molecule has 4 aromatic rings. The van der Waals surface area contributed by atoms with Crippen LogP contribution in [-0.4, -0.2) is 40.6 Å². The second-order valence-electron chi connectivity index (χ2n) is 9.67. The molecule has 1 aliphatic rings. The van der Waals surface area contributed by atoms with E-state index in [0.29, 0.717) is 35.3 Å². The molecule has 2 amide bonds. The number of hydrogen-bond acceptors (Lipinski definition) is 4. The number of rotatable bonds is 5. The maximum Gasteiger partial charge on any atom is 0.416 e. The Morgan fingerprint density at radius 1 is 1.15 bits per heavy atom. The molecule has 7 nitrogen and oxygen atoms in total. The SMILES string of the molecule is CN(C)Cc1c2c(NC(=O)c3cc(F)cc(C(F)(F)F)c3)c3c(cc2nn1C)C(=O)NC3c1cc(Cl)ccc1F. The number of carbonyl (C=O) groups excluding carboxylic acids is 2. The molecule has 5 rings (SSSR count). The monoisotopic (exact) mass is 577 g/mol. The highest BCUT2D eigenvalue weighted by atomic mass is 35.5. The summed E-state index contributed by atoms with van der Waals surface area (Å²) in [4.78, 5) is 28.3. The minimum absolute atomic E-state index is 0.0117. The molecule has 0 bridgehead atoms. The molecule has 0 saturated carbocycles. The predicted molar refractivity (Wildman–Crippen MR) is 138 cm³/mol. The summed E-state index contributed by atoms with van der Waals surface area (Å²) < 4.78 is 70.8. The molecular weight excluding hydrogens is 557 g/mol. The third kappa shape index (κ3) is 4.88. The van der Waals surface area contributed by atoms with Gasteiger partial charge in [0.2, 0.25) is 0 Å². The molecule has 1 aliphatic heterocycles. The second-order valence-corrected chi connectivity index (χ2v) is 10.1. The van der Waals surface area contributed by atoms with Gasteiger partial charge < -0.3 is 15.5 Å². The van der Waals surface area contributed by atoms with Crippen LogP contribution < -0.4 is 10.6 Å². The molecular formula is C27H21ClF5N5O2. The fraction of sp³-hybridized carbons (Fsp3) is 0.222. The molecule has 1 aromatic heterocycles. The normalized spacial score (nSPS) is 15.1. The number of hydrogen-bond donors (Lipinski definition) is 2. The van der Waals surface area contributed by atoms with Gasteiger partial charge in [-0.05, 0) is 56.6 Å². The first kappa shape index (κ1) is 27.5. The fourth-order valence-electron chi connectivity index (χ4n) is 4.86. The number of halogens is 6. The number of fused-ring (bicyclic) bond motifs is 2. The summed E-state index contributed by atoms with van der Waals surface area (Å²) in [6.45, 7) is 0.324. The van der Waals surface area contributed by atoms with Gasteiger partial charge in [0.05, 0.1) is 28.5 Å². The van der Waals surface area contributed by atoms with Crippen LogP contribution in [0.5, 0.6) is 0 Å². The van der Waals surface area contributed by atoms with Crippen LogP contribution in [0.15, 0.2) is 42.5 Å². The van der Waals surface area contributed by atoms with E-state index in [-0.39, 0.29) is 33.5 Å². The van der Waals surface area contributed by atoms with E-state index in [4.69, 9.17) is 11.6 Å². The van der Waals surface area contributed by atoms with Crippen LogP contribution in [0.4, 0.5) is 27.6 Å². The Hall–Kier alpha value is -4.03. The van der Waals surface area contributed by atoms with E-state index >= 15 is 4.39 Å². The largest absolute Gasteiger partial charge is 0.416 e. The molecule has 0 fully saturated rings. The summed E-state index contributed by atoms with van der Waals surface area (Å²) in [5, 5.41) is 10.3. The number of benzene rings is 3. The highest BCUT2D eigenvalue weighted by Gasteiger charge is 2.37. The van der Waals surface area contributed by atoms with Crippen molar-refractivity contribution in [3.63, 3.8) is 0 Å². The number of nitrogens with one attached hydrogen (secondary N) is 2. The van der Waals surface area contributed by atoms with Crippen molar-refractivity contribution in [2.24, 2.45) is 7.05 Å². The summed E-state index contributed by atoms with van der Waals surface area (Å²) in [7, 11) is 5.25. The van der Waals surface area contributed by atoms with E-state index in [9.17, 15) is 27.2 Å². The average Bonchev–Trinajstić information content (AvgIpc) is 3.35. The molecule has 40 heavy (non-hydrogen) atoms. The maximum atomic E-state index is 15.0. The number of anilines is 1. The lowest BCUT2D eigenvalue weighted by atomic mass is 9.93. The van der Waals surface area contributed by atoms with Gasteiger partial charge in [-0.25, -0.2) is 8.78 Å². The van der Waals surface area contributed by atoms with Gasteiger partial charge in [-0.3, -0.25) is 14.3 Å². The Bertz CT molecular complexity index is 1700. The number of alkyl halides is 3. The van der Waals surface area contributed by atoms with Gasteiger partial charge in [0, 0.05) is 46.3 Å². The lowest BCUT2D eigenvalue weighted by Crippen LogP contribution is -2.22. The lowest BCUT2D eigenvalue weighted by molar-refractivity contribution is -0.137. The first-order valence-electron chi connectivity index (χ1n) is 11.9. The van der Waals surface area contributed by atoms with E-state index in [1.54, 1.807) is 25.8 Å². The van der Waals surface area contributed by atoms with Crippen LogP contribution >= 0.6 is 11.6 Å². The molecule has 1 atom stereocenters. The molecule has 2 heterocycles. The van der Waals surface area contributed by atoms with E-state index in [1.807, 2.05) is 4.90 Å². The fourth-order valence-corrected chi connectivity index (χ4v) is 5.04. The Morgan fingerprint density at radius 2 is 1.88 bits per heavy atom. The molecule has 0 saturated heterocycles. The van der Waals surface area contributed by atoms with E-state index in [1.165, 1.54) is 18.2 Å². The maximum absolute atomic E-state index is 15.0. The van der Waals surface area contributed by atoms with E-state index in [2.05, 4.69) is 15.7 Å². The Kier molecular flexibility index (Phi) is 6.79. The van der Waals surface area contributed by atoms with Gasteiger partial charge in [-0.15, -0.1) is 0 Å². The molecule has 2 N–H and O–H groups in total. The van der Waals surface area contributed by atoms with Crippen molar-refractivity contribution in [3.8, 4) is 0 Å². The van der Waals surface area contributed by atoms with Crippen molar-refractivity contribution in [1.82, 2.24) is 20.0 Å². The molecule has 13 heteroatoms. The summed E-state index contributed by atoms with van der Waals surface area (Å²) in [6, 6.07) is 5.68. The van der Waals surface area contributed by atoms with Crippen molar-refractivity contribution in [3.05, 3.63) is 92.6 Å². The third-order valence-electron chi connectivity index (χ3n) is 6.55. The number of carbonyl (C=O) groups is 2. The van der Waals surface area contributed by atoms with Crippen molar-refractivity contribution >= 4 is 40.0 Å². The molecule has 208 valence electrons. The molecule has 0 aliphatic carbocycles. The van der Waals surface area contributed by atoms with Crippen LogP contribution in [0.25, 0.3) is 10.9 Å². The van der Waals surface area contributed by atoms with Gasteiger partial charge in [-0.2, -0.15) is 18.3 Å². The summed E-state index contributed by atoms with van der Waals surface area (Å²) in [5.74, 6) is -3.58. The van der Waals surface area contributed by atoms with Crippen molar-refractivity contribution < 1.29 is 31.5 Å². The number of amides is 2. The number of nitrogens with zero attached hydrogens (tertiary/aromatic N) is 3. The van der Waals surface area contributed by atoms with Crippen molar-refractivity contribution in [2.75, 3.05) is 19.4 Å². The minimum atomic E-state index is -4.90. The zero-order valence-electron chi connectivity index (χ0n) is 21.3. The lowest BCUT2D eigenvalue weighted by Gasteiger charge is -2.20. The smallest absolute Gasteiger partial charge is 0.341 e. The number of aromatic nitrogens is 2. The second kappa shape index (κ2) is 9.86. The van der Waals surface area contributed by atoms with Crippen molar-refractivity contribution in [2.45, 2.75) is 18.8 Å². The zero-order valence-corrected chi connectivity index (χ0v) is 22.0. The first-order valence-corrected chi connectivity index (χ1v) is 12.2. The van der Waals surface area contributed by atoms with E-state index < -0.39 is 46.8 Å². The number of aryl methyl sites for hydroxylation is 1. The molecule has 0 spiro atoms. The third-order valence-corrected chi connectivity index (χ3v) is 6.79. The van der Waals surface area contributed by atoms with Crippen LogP contribution in [0.3, 0.4) is 0 Å². The predicted octanol–water partition coefficient (Wildman–Crippen LogP) is 5.67. The van der Waals surface area contributed by atoms with Crippen LogP contribution in [0.2, 0.25) is 5.02 Å². The summed E-state index contributed by atoms with van der Waals surface area (Å²) in [6.07, 6.45) is -4.90. The van der Waals surface area contributed by atoms with Gasteiger partial charge in [0.1, 0.15) is 11.6 Å². The topological polar surface area (TPSA) is 79.3 Å². The molecule has 0 radical (unpaired) electrons. The minimum Gasteiger partial charge on any atom is -0.341 e. The van der Waals surface area contributed by atoms with Crippen molar-refractivity contribution in [1.29, 1.82) is 0 Å². The van der Waals surface area contributed by atoms with Crippen LogP contribution in [0.1, 0.15) is 49.1 Å².